The standard InChI is InChI=1S/C6H14N4S/c1-3-8-6(11)10-9-4-5(2)7/h4-5H,3,7H2,1-2H3,(H2,8,10,11)/b9-4+. The average molecular weight is 174 g/mol. The zero-order chi connectivity index (χ0) is 8.69. The maximum atomic E-state index is 5.40. The van der Waals surface area contributed by atoms with E-state index in [0.29, 0.717) is 5.11 Å². The normalized spacial score (nSPS) is 13.0. The Morgan fingerprint density at radius 1 is 1.82 bits per heavy atom. The van der Waals surface area contributed by atoms with Crippen LogP contribution in [0.2, 0.25) is 0 Å². The summed E-state index contributed by atoms with van der Waals surface area (Å²) in [5.41, 5.74) is 8.02. The maximum absolute atomic E-state index is 5.40. The van der Waals surface area contributed by atoms with Crippen LogP contribution in [0.1, 0.15) is 13.8 Å². The van der Waals surface area contributed by atoms with Crippen molar-refractivity contribution < 1.29 is 0 Å². The van der Waals surface area contributed by atoms with Crippen molar-refractivity contribution in [3.63, 3.8) is 0 Å². The minimum atomic E-state index is -0.0491. The van der Waals surface area contributed by atoms with Crippen molar-refractivity contribution in [2.75, 3.05) is 6.54 Å². The summed E-state index contributed by atoms with van der Waals surface area (Å²) in [5, 5.41) is 7.19. The van der Waals surface area contributed by atoms with E-state index in [1.807, 2.05) is 13.8 Å². The molecule has 1 atom stereocenters. The lowest BCUT2D eigenvalue weighted by atomic mass is 10.4. The summed E-state index contributed by atoms with van der Waals surface area (Å²) in [6, 6.07) is -0.0491. The monoisotopic (exact) mass is 174 g/mol. The lowest BCUT2D eigenvalue weighted by molar-refractivity contribution is 0.891. The highest BCUT2D eigenvalue weighted by Crippen LogP contribution is 1.68. The van der Waals surface area contributed by atoms with Crippen LogP contribution in [0, 0.1) is 0 Å². The molecule has 64 valence electrons. The van der Waals surface area contributed by atoms with Gasteiger partial charge in [0.1, 0.15) is 0 Å². The maximum Gasteiger partial charge on any atom is 0.186 e. The van der Waals surface area contributed by atoms with E-state index in [4.69, 9.17) is 18.0 Å². The number of hydrogen-bond donors (Lipinski definition) is 3. The van der Waals surface area contributed by atoms with Gasteiger partial charge in [0.25, 0.3) is 0 Å². The van der Waals surface area contributed by atoms with Gasteiger partial charge in [0, 0.05) is 18.8 Å². The van der Waals surface area contributed by atoms with Gasteiger partial charge in [-0.3, -0.25) is 5.43 Å². The number of rotatable bonds is 3. The molecule has 0 aromatic heterocycles. The summed E-state index contributed by atoms with van der Waals surface area (Å²) >= 11 is 4.83. The predicted molar refractivity (Wildman–Crippen MR) is 51.6 cm³/mol. The van der Waals surface area contributed by atoms with E-state index in [1.54, 1.807) is 6.21 Å². The fourth-order valence-corrected chi connectivity index (χ4v) is 0.611. The Labute approximate surface area is 72.2 Å². The van der Waals surface area contributed by atoms with Crippen molar-refractivity contribution in [1.29, 1.82) is 0 Å². The van der Waals surface area contributed by atoms with Gasteiger partial charge in [-0.2, -0.15) is 5.10 Å². The van der Waals surface area contributed by atoms with Gasteiger partial charge in [0.2, 0.25) is 0 Å². The van der Waals surface area contributed by atoms with Crippen LogP contribution in [0.3, 0.4) is 0 Å². The summed E-state index contributed by atoms with van der Waals surface area (Å²) < 4.78 is 0. The minimum Gasteiger partial charge on any atom is -0.362 e. The fourth-order valence-electron chi connectivity index (χ4n) is 0.414. The predicted octanol–water partition coefficient (Wildman–Crippen LogP) is -0.197. The molecule has 0 radical (unpaired) electrons. The third-order valence-electron chi connectivity index (χ3n) is 0.813. The largest absolute Gasteiger partial charge is 0.362 e. The minimum absolute atomic E-state index is 0.0491. The van der Waals surface area contributed by atoms with Gasteiger partial charge in [-0.15, -0.1) is 0 Å². The molecule has 5 heteroatoms. The Morgan fingerprint density at radius 3 is 2.91 bits per heavy atom. The topological polar surface area (TPSA) is 62.4 Å². The molecule has 0 bridgehead atoms. The quantitative estimate of drug-likeness (QED) is 0.315. The number of nitrogens with zero attached hydrogens (tertiary/aromatic N) is 1. The van der Waals surface area contributed by atoms with Gasteiger partial charge in [-0.1, -0.05) is 0 Å². The van der Waals surface area contributed by atoms with Crippen LogP contribution < -0.4 is 16.5 Å². The van der Waals surface area contributed by atoms with Gasteiger partial charge in [-0.05, 0) is 26.1 Å². The van der Waals surface area contributed by atoms with Crippen LogP contribution >= 0.6 is 12.2 Å². The van der Waals surface area contributed by atoms with E-state index in [9.17, 15) is 0 Å². The molecular formula is C6H14N4S. The molecule has 0 amide bonds. The highest BCUT2D eigenvalue weighted by atomic mass is 32.1. The van der Waals surface area contributed by atoms with Crippen LogP contribution in [-0.2, 0) is 0 Å². The first-order valence-corrected chi connectivity index (χ1v) is 3.90. The van der Waals surface area contributed by atoms with E-state index < -0.39 is 0 Å². The molecule has 0 aromatic rings. The third-order valence-corrected chi connectivity index (χ3v) is 1.05. The highest BCUT2D eigenvalue weighted by Gasteiger charge is 1.87. The van der Waals surface area contributed by atoms with Crippen molar-refractivity contribution in [2.45, 2.75) is 19.9 Å². The Kier molecular flexibility index (Phi) is 5.68. The molecule has 0 aliphatic carbocycles. The van der Waals surface area contributed by atoms with Crippen molar-refractivity contribution in [3.8, 4) is 0 Å². The zero-order valence-electron chi connectivity index (χ0n) is 6.79. The highest BCUT2D eigenvalue weighted by molar-refractivity contribution is 7.80. The number of hydrazone groups is 1. The molecule has 1 unspecified atom stereocenters. The van der Waals surface area contributed by atoms with Crippen molar-refractivity contribution >= 4 is 23.5 Å². The lowest BCUT2D eigenvalue weighted by Crippen LogP contribution is -2.32. The van der Waals surface area contributed by atoms with E-state index in [1.165, 1.54) is 0 Å². The average Bonchev–Trinajstić information content (AvgIpc) is 1.87. The molecule has 0 saturated carbocycles. The van der Waals surface area contributed by atoms with Crippen LogP contribution in [0.15, 0.2) is 5.10 Å². The number of thiocarbonyl (C=S) groups is 1. The molecule has 0 spiro atoms. The molecule has 0 aliphatic heterocycles. The Morgan fingerprint density at radius 2 is 2.45 bits per heavy atom. The van der Waals surface area contributed by atoms with Crippen LogP contribution in [0.5, 0.6) is 0 Å². The Hall–Kier alpha value is -0.680. The van der Waals surface area contributed by atoms with Gasteiger partial charge >= 0.3 is 0 Å². The molecule has 0 aliphatic rings. The SMILES string of the molecule is CCNC(=S)N/N=C/C(C)N. The van der Waals surface area contributed by atoms with E-state index >= 15 is 0 Å². The van der Waals surface area contributed by atoms with Crippen LogP contribution in [0.25, 0.3) is 0 Å². The van der Waals surface area contributed by atoms with Gasteiger partial charge in [0.15, 0.2) is 5.11 Å². The van der Waals surface area contributed by atoms with Crippen molar-refractivity contribution in [3.05, 3.63) is 0 Å². The molecule has 0 heterocycles. The van der Waals surface area contributed by atoms with E-state index in [2.05, 4.69) is 15.8 Å². The summed E-state index contributed by atoms with van der Waals surface area (Å²) in [5.74, 6) is 0. The molecule has 0 rings (SSSR count). The molecule has 0 saturated heterocycles. The summed E-state index contributed by atoms with van der Waals surface area (Å²) in [6.07, 6.45) is 1.59. The first-order valence-electron chi connectivity index (χ1n) is 3.49. The first kappa shape index (κ1) is 10.3. The van der Waals surface area contributed by atoms with Gasteiger partial charge in [0.05, 0.1) is 0 Å². The number of nitrogens with two attached hydrogens (primary N) is 1. The first-order chi connectivity index (χ1) is 5.16. The van der Waals surface area contributed by atoms with Gasteiger partial charge in [-0.25, -0.2) is 0 Å². The van der Waals surface area contributed by atoms with Crippen molar-refractivity contribution in [2.24, 2.45) is 10.8 Å². The second kappa shape index (κ2) is 6.06. The van der Waals surface area contributed by atoms with Crippen molar-refractivity contribution in [1.82, 2.24) is 10.7 Å². The Bertz CT molecular complexity index is 144. The molecule has 11 heavy (non-hydrogen) atoms. The third kappa shape index (κ3) is 7.21. The fraction of sp³-hybridized carbons (Fsp3) is 0.667. The summed E-state index contributed by atoms with van der Waals surface area (Å²) in [4.78, 5) is 0. The van der Waals surface area contributed by atoms with E-state index in [-0.39, 0.29) is 6.04 Å². The molecule has 0 aromatic carbocycles. The second-order valence-electron chi connectivity index (χ2n) is 2.11. The smallest absolute Gasteiger partial charge is 0.186 e. The van der Waals surface area contributed by atoms with E-state index in [0.717, 1.165) is 6.54 Å². The van der Waals surface area contributed by atoms with Crippen LogP contribution in [-0.4, -0.2) is 23.9 Å². The van der Waals surface area contributed by atoms with Gasteiger partial charge < -0.3 is 11.1 Å². The number of hydrogen-bond acceptors (Lipinski definition) is 3. The summed E-state index contributed by atoms with van der Waals surface area (Å²) in [7, 11) is 0. The second-order valence-corrected chi connectivity index (χ2v) is 2.52. The zero-order valence-corrected chi connectivity index (χ0v) is 7.61. The number of nitrogens with one attached hydrogen (secondary N) is 2. The molecule has 4 nitrogen and oxygen atoms in total. The molecule has 0 fully saturated rings. The lowest BCUT2D eigenvalue weighted by Gasteiger charge is -2.02. The Balaban J connectivity index is 3.45. The van der Waals surface area contributed by atoms with Crippen LogP contribution in [0.4, 0.5) is 0 Å². The molecule has 4 N–H and O–H groups in total. The molecular weight excluding hydrogens is 160 g/mol. The summed E-state index contributed by atoms with van der Waals surface area (Å²) in [6.45, 7) is 4.59.